The predicted octanol–water partition coefficient (Wildman–Crippen LogP) is 1.37. The van der Waals surface area contributed by atoms with Crippen LogP contribution in [-0.4, -0.2) is 57.0 Å². The minimum absolute atomic E-state index is 0. The van der Waals surface area contributed by atoms with E-state index in [1.807, 2.05) is 19.1 Å². The van der Waals surface area contributed by atoms with Crippen LogP contribution in [0.2, 0.25) is 0 Å². The van der Waals surface area contributed by atoms with Crippen LogP contribution in [0.1, 0.15) is 17.2 Å². The zero-order valence-electron chi connectivity index (χ0n) is 12.9. The van der Waals surface area contributed by atoms with Crippen molar-refractivity contribution >= 4 is 12.4 Å². The van der Waals surface area contributed by atoms with Crippen molar-refractivity contribution in [2.45, 2.75) is 13.0 Å². The molecule has 0 aliphatic carbocycles. The topological polar surface area (TPSA) is 54.0 Å². The summed E-state index contributed by atoms with van der Waals surface area (Å²) < 4.78 is 11.0. The first-order chi connectivity index (χ1) is 9.71. The van der Waals surface area contributed by atoms with Gasteiger partial charge < -0.3 is 19.9 Å². The molecule has 0 bridgehead atoms. The summed E-state index contributed by atoms with van der Waals surface area (Å²) in [6, 6.07) is 3.88. The Balaban J connectivity index is 0.00000220. The molecule has 0 amide bonds. The van der Waals surface area contributed by atoms with Gasteiger partial charge in [0.1, 0.15) is 11.5 Å². The number of methoxy groups -OCH3 is 2. The lowest BCUT2D eigenvalue weighted by molar-refractivity contribution is 0.107. The molecule has 0 spiro atoms. The minimum Gasteiger partial charge on any atom is -0.496 e. The maximum atomic E-state index is 9.87. The second-order valence-corrected chi connectivity index (χ2v) is 5.07. The van der Waals surface area contributed by atoms with Crippen molar-refractivity contribution in [3.8, 4) is 11.5 Å². The fourth-order valence-electron chi connectivity index (χ4n) is 2.78. The van der Waals surface area contributed by atoms with E-state index in [1.165, 1.54) is 0 Å². The second kappa shape index (κ2) is 8.44. The lowest BCUT2D eigenvalue weighted by Crippen LogP contribution is -2.46. The van der Waals surface area contributed by atoms with Crippen molar-refractivity contribution in [3.05, 3.63) is 23.3 Å². The summed E-state index contributed by atoms with van der Waals surface area (Å²) in [5, 5.41) is 13.2. The van der Waals surface area contributed by atoms with Crippen LogP contribution < -0.4 is 14.8 Å². The van der Waals surface area contributed by atoms with Gasteiger partial charge in [-0.1, -0.05) is 0 Å². The first kappa shape index (κ1) is 18.0. The highest BCUT2D eigenvalue weighted by Gasteiger charge is 2.27. The van der Waals surface area contributed by atoms with Crippen LogP contribution in [0.25, 0.3) is 0 Å². The van der Waals surface area contributed by atoms with E-state index in [2.05, 4.69) is 10.2 Å². The molecular weight excluding hydrogens is 292 g/mol. The Labute approximate surface area is 132 Å². The number of halogens is 1. The van der Waals surface area contributed by atoms with Gasteiger partial charge in [-0.25, -0.2) is 0 Å². The van der Waals surface area contributed by atoms with Gasteiger partial charge in [0, 0.05) is 26.2 Å². The average molecular weight is 317 g/mol. The zero-order valence-corrected chi connectivity index (χ0v) is 13.7. The largest absolute Gasteiger partial charge is 0.496 e. The molecule has 1 saturated heterocycles. The number of aryl methyl sites for hydroxylation is 1. The summed E-state index contributed by atoms with van der Waals surface area (Å²) in [5.41, 5.74) is 2.02. The third kappa shape index (κ3) is 4.01. The fourth-order valence-corrected chi connectivity index (χ4v) is 2.78. The van der Waals surface area contributed by atoms with Gasteiger partial charge in [-0.15, -0.1) is 12.4 Å². The maximum absolute atomic E-state index is 9.87. The normalized spacial score (nSPS) is 17.0. The van der Waals surface area contributed by atoms with Crippen LogP contribution in [0.15, 0.2) is 12.1 Å². The molecular formula is C15H25ClN2O3. The van der Waals surface area contributed by atoms with Gasteiger partial charge in [0.15, 0.2) is 0 Å². The Morgan fingerprint density at radius 2 is 1.71 bits per heavy atom. The van der Waals surface area contributed by atoms with E-state index in [-0.39, 0.29) is 25.1 Å². The van der Waals surface area contributed by atoms with Gasteiger partial charge in [-0.3, -0.25) is 4.90 Å². The number of rotatable bonds is 5. The average Bonchev–Trinajstić information content (AvgIpc) is 2.49. The molecule has 1 aromatic carbocycles. The molecule has 21 heavy (non-hydrogen) atoms. The van der Waals surface area contributed by atoms with Crippen LogP contribution in [0, 0.1) is 6.92 Å². The number of piperazine rings is 1. The highest BCUT2D eigenvalue weighted by Crippen LogP contribution is 2.38. The first-order valence-corrected chi connectivity index (χ1v) is 6.99. The van der Waals surface area contributed by atoms with Crippen molar-refractivity contribution in [2.75, 3.05) is 47.0 Å². The summed E-state index contributed by atoms with van der Waals surface area (Å²) in [7, 11) is 3.31. The number of nitrogens with one attached hydrogen (secondary N) is 1. The van der Waals surface area contributed by atoms with Crippen LogP contribution >= 0.6 is 12.4 Å². The number of hydrogen-bond acceptors (Lipinski definition) is 5. The summed E-state index contributed by atoms with van der Waals surface area (Å²) >= 11 is 0. The van der Waals surface area contributed by atoms with Crippen molar-refractivity contribution in [3.63, 3.8) is 0 Å². The van der Waals surface area contributed by atoms with E-state index in [0.29, 0.717) is 0 Å². The molecule has 6 heteroatoms. The molecule has 1 heterocycles. The lowest BCUT2D eigenvalue weighted by atomic mass is 10.0. The molecule has 1 aromatic rings. The Kier molecular flexibility index (Phi) is 7.25. The summed E-state index contributed by atoms with van der Waals surface area (Å²) in [5.74, 6) is 1.55. The van der Waals surface area contributed by atoms with Crippen LogP contribution in [0.4, 0.5) is 0 Å². The molecule has 0 aromatic heterocycles. The summed E-state index contributed by atoms with van der Waals surface area (Å²) in [4.78, 5) is 2.27. The van der Waals surface area contributed by atoms with E-state index >= 15 is 0 Å². The quantitative estimate of drug-likeness (QED) is 0.859. The number of hydrogen-bond donors (Lipinski definition) is 2. The van der Waals surface area contributed by atoms with Gasteiger partial charge in [0.2, 0.25) is 0 Å². The Morgan fingerprint density at radius 1 is 1.19 bits per heavy atom. The van der Waals surface area contributed by atoms with Crippen LogP contribution in [0.5, 0.6) is 11.5 Å². The second-order valence-electron chi connectivity index (χ2n) is 5.07. The van der Waals surface area contributed by atoms with Crippen molar-refractivity contribution in [2.24, 2.45) is 0 Å². The number of benzene rings is 1. The SMILES string of the molecule is COc1cc(C)cc(OC)c1[C@H](CO)N1CCNCC1.Cl. The lowest BCUT2D eigenvalue weighted by Gasteiger charge is -2.35. The van der Waals surface area contributed by atoms with Crippen molar-refractivity contribution in [1.29, 1.82) is 0 Å². The number of nitrogens with zero attached hydrogens (tertiary/aromatic N) is 1. The van der Waals surface area contributed by atoms with Gasteiger partial charge in [-0.2, -0.15) is 0 Å². The highest BCUT2D eigenvalue weighted by molar-refractivity contribution is 5.85. The summed E-state index contributed by atoms with van der Waals surface area (Å²) in [6.45, 7) is 5.75. The third-order valence-corrected chi connectivity index (χ3v) is 3.79. The Morgan fingerprint density at radius 3 is 2.14 bits per heavy atom. The smallest absolute Gasteiger partial charge is 0.127 e. The van der Waals surface area contributed by atoms with E-state index in [1.54, 1.807) is 14.2 Å². The van der Waals surface area contributed by atoms with E-state index in [9.17, 15) is 5.11 Å². The Hall–Kier alpha value is -1.01. The maximum Gasteiger partial charge on any atom is 0.127 e. The number of ether oxygens (including phenoxy) is 2. The first-order valence-electron chi connectivity index (χ1n) is 6.99. The minimum atomic E-state index is -0.0948. The van der Waals surface area contributed by atoms with E-state index in [0.717, 1.165) is 48.8 Å². The van der Waals surface area contributed by atoms with Crippen molar-refractivity contribution < 1.29 is 14.6 Å². The molecule has 0 radical (unpaired) electrons. The molecule has 1 atom stereocenters. The molecule has 2 rings (SSSR count). The number of aliphatic hydroxyl groups excluding tert-OH is 1. The van der Waals surface area contributed by atoms with Crippen molar-refractivity contribution in [1.82, 2.24) is 10.2 Å². The van der Waals surface area contributed by atoms with Gasteiger partial charge >= 0.3 is 0 Å². The Bertz CT molecular complexity index is 426. The van der Waals surface area contributed by atoms with E-state index in [4.69, 9.17) is 9.47 Å². The van der Waals surface area contributed by atoms with Crippen LogP contribution in [0.3, 0.4) is 0 Å². The van der Waals surface area contributed by atoms with Crippen LogP contribution in [-0.2, 0) is 0 Å². The fraction of sp³-hybridized carbons (Fsp3) is 0.600. The number of aliphatic hydroxyl groups is 1. The monoisotopic (exact) mass is 316 g/mol. The standard InChI is InChI=1S/C15H24N2O3.ClH/c1-11-8-13(19-2)15(14(9-11)20-3)12(10-18)17-6-4-16-5-7-17;/h8-9,12,16,18H,4-7,10H2,1-3H3;1H/t12-;/m0./s1. The van der Waals surface area contributed by atoms with Gasteiger partial charge in [-0.05, 0) is 24.6 Å². The summed E-state index contributed by atoms with van der Waals surface area (Å²) in [6.07, 6.45) is 0. The van der Waals surface area contributed by atoms with Gasteiger partial charge in [0.05, 0.1) is 32.4 Å². The molecule has 0 unspecified atom stereocenters. The molecule has 1 aliphatic heterocycles. The molecule has 1 aliphatic rings. The molecule has 0 saturated carbocycles. The molecule has 1 fully saturated rings. The molecule has 5 nitrogen and oxygen atoms in total. The predicted molar refractivity (Wildman–Crippen MR) is 85.8 cm³/mol. The zero-order chi connectivity index (χ0) is 14.5. The van der Waals surface area contributed by atoms with E-state index < -0.39 is 0 Å². The third-order valence-electron chi connectivity index (χ3n) is 3.79. The molecule has 2 N–H and O–H groups in total. The molecule has 120 valence electrons. The highest BCUT2D eigenvalue weighted by atomic mass is 35.5. The van der Waals surface area contributed by atoms with Gasteiger partial charge in [0.25, 0.3) is 0 Å².